The summed E-state index contributed by atoms with van der Waals surface area (Å²) in [7, 11) is 0. The van der Waals surface area contributed by atoms with Crippen molar-refractivity contribution in [2.24, 2.45) is 10.9 Å². The van der Waals surface area contributed by atoms with Crippen LogP contribution in [0.1, 0.15) is 37.0 Å². The van der Waals surface area contributed by atoms with E-state index in [0.717, 1.165) is 22.0 Å². The number of rotatable bonds is 10. The molecular weight excluding hydrogens is 444 g/mol. The molecule has 3 rings (SSSR count). The second kappa shape index (κ2) is 11.0. The Labute approximate surface area is 197 Å². The Morgan fingerprint density at radius 1 is 1.33 bits per heavy atom. The molecule has 1 heterocycles. The van der Waals surface area contributed by atoms with E-state index in [2.05, 4.69) is 21.9 Å². The second-order valence-electron chi connectivity index (χ2n) is 7.66. The minimum absolute atomic E-state index is 0.00873. The van der Waals surface area contributed by atoms with Gasteiger partial charge < -0.3 is 25.0 Å². The minimum Gasteiger partial charge on any atom is -0.489 e. The molecule has 2 aromatic carbocycles. The molecule has 1 aromatic heterocycles. The number of halogens is 1. The van der Waals surface area contributed by atoms with Crippen molar-refractivity contribution in [2.45, 2.75) is 32.9 Å². The Balaban J connectivity index is 1.84. The summed E-state index contributed by atoms with van der Waals surface area (Å²) in [6, 6.07) is 11.0. The summed E-state index contributed by atoms with van der Waals surface area (Å²) in [5, 5.41) is 13.3. The van der Waals surface area contributed by atoms with E-state index < -0.39 is 5.97 Å². The molecule has 3 aromatic rings. The van der Waals surface area contributed by atoms with Crippen molar-refractivity contribution in [2.75, 3.05) is 6.54 Å². The number of carbonyl (C=O) groups is 1. The van der Waals surface area contributed by atoms with E-state index in [4.69, 9.17) is 32.2 Å². The van der Waals surface area contributed by atoms with Crippen molar-refractivity contribution in [3.8, 4) is 5.75 Å². The summed E-state index contributed by atoms with van der Waals surface area (Å²) in [5.41, 5.74) is 3.69. The van der Waals surface area contributed by atoms with E-state index in [1.165, 1.54) is 0 Å². The van der Waals surface area contributed by atoms with Gasteiger partial charge in [-0.05, 0) is 37.6 Å². The molecule has 0 aliphatic rings. The maximum absolute atomic E-state index is 10.7. The number of nitrogens with one attached hydrogen (secondary N) is 2. The van der Waals surface area contributed by atoms with Crippen LogP contribution in [0.3, 0.4) is 0 Å². The molecular formula is C24H27ClN4O4. The fraction of sp³-hybridized carbons (Fsp3) is 0.250. The van der Waals surface area contributed by atoms with Crippen molar-refractivity contribution in [1.82, 2.24) is 10.3 Å². The number of aromatic nitrogens is 1. The van der Waals surface area contributed by atoms with Gasteiger partial charge in [-0.1, -0.05) is 36.4 Å². The molecule has 33 heavy (non-hydrogen) atoms. The molecule has 5 N–H and O–H groups in total. The third kappa shape index (κ3) is 6.13. The van der Waals surface area contributed by atoms with E-state index in [1.807, 2.05) is 38.2 Å². The van der Waals surface area contributed by atoms with Crippen molar-refractivity contribution in [1.29, 1.82) is 0 Å². The third-order valence-electron chi connectivity index (χ3n) is 4.83. The summed E-state index contributed by atoms with van der Waals surface area (Å²) in [6.07, 6.45) is 1.94. The van der Waals surface area contributed by atoms with Crippen LogP contribution in [0.2, 0.25) is 5.02 Å². The number of aliphatic carboxylic acids is 1. The summed E-state index contributed by atoms with van der Waals surface area (Å²) in [4.78, 5) is 23.5. The lowest BCUT2D eigenvalue weighted by Gasteiger charge is -2.13. The van der Waals surface area contributed by atoms with Gasteiger partial charge >= 0.3 is 5.97 Å². The predicted molar refractivity (Wildman–Crippen MR) is 130 cm³/mol. The molecule has 174 valence electrons. The summed E-state index contributed by atoms with van der Waals surface area (Å²) in [6.45, 7) is 8.85. The topological polar surface area (TPSA) is 122 Å². The number of benzene rings is 2. The van der Waals surface area contributed by atoms with Gasteiger partial charge in [0.25, 0.3) is 0 Å². The van der Waals surface area contributed by atoms with E-state index in [1.54, 1.807) is 18.2 Å². The smallest absolute Gasteiger partial charge is 0.304 e. The van der Waals surface area contributed by atoms with Crippen LogP contribution in [-0.2, 0) is 16.2 Å². The number of H-pyrrole nitrogens is 1. The number of aliphatic imine (C=N–C) groups is 1. The number of carboxylic acid groups (broad SMARTS) is 1. The molecule has 0 radical (unpaired) electrons. The highest BCUT2D eigenvalue weighted by atomic mass is 35.5. The number of para-hydroxylation sites is 1. The van der Waals surface area contributed by atoms with Gasteiger partial charge in [0, 0.05) is 35.8 Å². The van der Waals surface area contributed by atoms with Gasteiger partial charge in [-0.15, -0.1) is 0 Å². The zero-order valence-electron chi connectivity index (χ0n) is 18.5. The number of hydrogen-bond donors (Lipinski definition) is 4. The lowest BCUT2D eigenvalue weighted by Crippen LogP contribution is -2.17. The molecule has 0 aliphatic carbocycles. The molecule has 0 saturated heterocycles. The van der Waals surface area contributed by atoms with Crippen molar-refractivity contribution < 1.29 is 19.5 Å². The molecule has 0 amide bonds. The van der Waals surface area contributed by atoms with Gasteiger partial charge in [0.15, 0.2) is 0 Å². The first-order chi connectivity index (χ1) is 15.8. The molecule has 0 bridgehead atoms. The normalized spacial score (nSPS) is 11.7. The van der Waals surface area contributed by atoms with Gasteiger partial charge in [-0.3, -0.25) is 4.79 Å². The number of carboxylic acids is 1. The van der Waals surface area contributed by atoms with Crippen LogP contribution in [-0.4, -0.2) is 34.6 Å². The average Bonchev–Trinajstić information content (AvgIpc) is 3.19. The van der Waals surface area contributed by atoms with Crippen LogP contribution in [0.5, 0.6) is 5.75 Å². The molecule has 8 nitrogen and oxygen atoms in total. The van der Waals surface area contributed by atoms with Crippen LogP contribution in [0.15, 0.2) is 54.2 Å². The highest BCUT2D eigenvalue weighted by molar-refractivity contribution is 6.32. The van der Waals surface area contributed by atoms with Gasteiger partial charge in [-0.25, -0.2) is 4.99 Å². The highest BCUT2D eigenvalue weighted by Gasteiger charge is 2.14. The maximum atomic E-state index is 10.7. The van der Waals surface area contributed by atoms with E-state index >= 15 is 0 Å². The van der Waals surface area contributed by atoms with Crippen molar-refractivity contribution in [3.05, 3.63) is 70.9 Å². The molecule has 0 unspecified atom stereocenters. The standard InChI is InChI=1S/C24H27ClN4O4/c1-14(2)32-21-8-7-16(11-20(21)25)24(33-26)29-15(3)18-5-4-6-19-17(13-28-23(18)19)12-27-10-9-22(30)31/h4-8,11,13-14,27-28H,3,9-10,12,26H2,1-2H3,(H,30,31). The van der Waals surface area contributed by atoms with Gasteiger partial charge in [0.2, 0.25) is 5.90 Å². The number of nitrogens with two attached hydrogens (primary N) is 1. The molecule has 0 atom stereocenters. The van der Waals surface area contributed by atoms with Crippen molar-refractivity contribution >= 4 is 40.1 Å². The fourth-order valence-electron chi connectivity index (χ4n) is 3.34. The van der Waals surface area contributed by atoms with Gasteiger partial charge in [0.1, 0.15) is 5.75 Å². The lowest BCUT2D eigenvalue weighted by molar-refractivity contribution is -0.136. The zero-order chi connectivity index (χ0) is 24.0. The van der Waals surface area contributed by atoms with Gasteiger partial charge in [0.05, 0.1) is 28.8 Å². The molecule has 9 heteroatoms. The predicted octanol–water partition coefficient (Wildman–Crippen LogP) is 4.48. The molecule has 0 fully saturated rings. The number of hydrogen-bond acceptors (Lipinski definition) is 6. The van der Waals surface area contributed by atoms with Crippen LogP contribution in [0.4, 0.5) is 0 Å². The number of nitrogens with zero attached hydrogens (tertiary/aromatic N) is 1. The zero-order valence-corrected chi connectivity index (χ0v) is 19.3. The first-order valence-corrected chi connectivity index (χ1v) is 10.8. The summed E-state index contributed by atoms with van der Waals surface area (Å²) in [5.74, 6) is 5.39. The van der Waals surface area contributed by atoms with E-state index in [0.29, 0.717) is 35.1 Å². The van der Waals surface area contributed by atoms with Crippen LogP contribution >= 0.6 is 11.6 Å². The third-order valence-corrected chi connectivity index (χ3v) is 5.13. The Bertz CT molecular complexity index is 1190. The number of aromatic amines is 1. The quantitative estimate of drug-likeness (QED) is 0.150. The van der Waals surface area contributed by atoms with E-state index in [9.17, 15) is 4.79 Å². The summed E-state index contributed by atoms with van der Waals surface area (Å²) < 4.78 is 5.66. The first-order valence-electron chi connectivity index (χ1n) is 10.4. The summed E-state index contributed by atoms with van der Waals surface area (Å²) >= 11 is 6.34. The Kier molecular flexibility index (Phi) is 8.11. The van der Waals surface area contributed by atoms with Crippen LogP contribution in [0.25, 0.3) is 16.6 Å². The Hall–Kier alpha value is -3.33. The van der Waals surface area contributed by atoms with E-state index in [-0.39, 0.29) is 18.4 Å². The van der Waals surface area contributed by atoms with Gasteiger partial charge in [-0.2, -0.15) is 5.90 Å². The van der Waals surface area contributed by atoms with Crippen LogP contribution < -0.4 is 16.0 Å². The first kappa shape index (κ1) is 24.3. The van der Waals surface area contributed by atoms with Crippen LogP contribution in [0, 0.1) is 0 Å². The largest absolute Gasteiger partial charge is 0.489 e. The minimum atomic E-state index is -0.834. The molecule has 0 aliphatic heterocycles. The fourth-order valence-corrected chi connectivity index (χ4v) is 3.57. The SMILES string of the molecule is C=C(N=C(ON)c1ccc(OC(C)C)c(Cl)c1)c1cccc2c(CNCCC(=O)O)c[nH]c12. The molecule has 0 saturated carbocycles. The molecule has 0 spiro atoms. The number of ether oxygens (including phenoxy) is 1. The highest BCUT2D eigenvalue weighted by Crippen LogP contribution is 2.29. The monoisotopic (exact) mass is 470 g/mol. The maximum Gasteiger partial charge on any atom is 0.304 e. The average molecular weight is 471 g/mol. The Morgan fingerprint density at radius 2 is 2.12 bits per heavy atom. The van der Waals surface area contributed by atoms with Crippen molar-refractivity contribution in [3.63, 3.8) is 0 Å². The lowest BCUT2D eigenvalue weighted by atomic mass is 10.1. The Morgan fingerprint density at radius 3 is 2.79 bits per heavy atom. The second-order valence-corrected chi connectivity index (χ2v) is 8.06. The number of fused-ring (bicyclic) bond motifs is 1.